The van der Waals surface area contributed by atoms with Gasteiger partial charge in [-0.25, -0.2) is 9.97 Å². The molecule has 2 aliphatic rings. The number of benzene rings is 7. The Balaban J connectivity index is 1.17. The number of rotatable bonds is 5. The minimum Gasteiger partial charge on any atom is -0.456 e. The Morgan fingerprint density at radius 3 is 1.88 bits per heavy atom. The van der Waals surface area contributed by atoms with Crippen molar-refractivity contribution in [2.45, 2.75) is 5.41 Å². The van der Waals surface area contributed by atoms with Gasteiger partial charge in [-0.05, 0) is 75.3 Å². The number of nitrogens with zero attached hydrogens (tertiary/aromatic N) is 4. The maximum Gasteiger partial charge on any atom is 0.160 e. The van der Waals surface area contributed by atoms with Gasteiger partial charge in [0.15, 0.2) is 5.82 Å². The Kier molecular flexibility index (Phi) is 7.70. The van der Waals surface area contributed by atoms with Crippen molar-refractivity contribution in [1.29, 1.82) is 5.26 Å². The zero-order chi connectivity index (χ0) is 38.6. The fourth-order valence-electron chi connectivity index (χ4n) is 9.05. The van der Waals surface area contributed by atoms with Gasteiger partial charge in [0.25, 0.3) is 0 Å². The molecule has 0 N–H and O–H groups in total. The van der Waals surface area contributed by atoms with E-state index >= 15 is 0 Å². The molecule has 0 saturated heterocycles. The van der Waals surface area contributed by atoms with Gasteiger partial charge in [0.05, 0.1) is 28.4 Å². The molecule has 0 radical (unpaired) electrons. The molecular weight excluding hydrogens is 709 g/mol. The standard InChI is InChI=1S/C53H32N4O/c54-33-38-31-37(34-27-29-55-30-28-34)25-26-39(38)40-18-11-22-45-50(40)41-17-7-8-20-43(41)53(45)44-21-9-10-24-49(44)58-51-42(19-12-23-46(51)53)48-32-47(35-13-3-1-4-14-35)56-52(57-48)36-15-5-2-6-16-36/h1-32H. The average molecular weight is 741 g/mol. The van der Waals surface area contributed by atoms with Gasteiger partial charge in [-0.1, -0.05) is 146 Å². The van der Waals surface area contributed by atoms with Gasteiger partial charge < -0.3 is 4.74 Å². The summed E-state index contributed by atoms with van der Waals surface area (Å²) < 4.78 is 7.07. The molecule has 11 rings (SSSR count). The van der Waals surface area contributed by atoms with E-state index in [9.17, 15) is 5.26 Å². The first-order valence-electron chi connectivity index (χ1n) is 19.3. The van der Waals surface area contributed by atoms with Crippen LogP contribution in [0.5, 0.6) is 11.5 Å². The fourth-order valence-corrected chi connectivity index (χ4v) is 9.05. The van der Waals surface area contributed by atoms with Crippen LogP contribution in [0.1, 0.15) is 27.8 Å². The number of hydrogen-bond acceptors (Lipinski definition) is 5. The van der Waals surface area contributed by atoms with Crippen LogP contribution in [0, 0.1) is 11.3 Å². The van der Waals surface area contributed by atoms with Crippen LogP contribution in [0.4, 0.5) is 0 Å². The summed E-state index contributed by atoms with van der Waals surface area (Å²) in [5.74, 6) is 2.19. The van der Waals surface area contributed by atoms with Crippen LogP contribution in [0.3, 0.4) is 0 Å². The summed E-state index contributed by atoms with van der Waals surface area (Å²) >= 11 is 0. The number of fused-ring (bicyclic) bond motifs is 9. The van der Waals surface area contributed by atoms with E-state index < -0.39 is 5.41 Å². The molecule has 58 heavy (non-hydrogen) atoms. The van der Waals surface area contributed by atoms with E-state index in [-0.39, 0.29) is 0 Å². The maximum atomic E-state index is 10.6. The molecule has 2 aromatic heterocycles. The van der Waals surface area contributed by atoms with Crippen molar-refractivity contribution in [2.75, 3.05) is 0 Å². The van der Waals surface area contributed by atoms with Gasteiger partial charge in [0.1, 0.15) is 11.5 Å². The highest BCUT2D eigenvalue weighted by Crippen LogP contribution is 2.64. The quantitative estimate of drug-likeness (QED) is 0.176. The van der Waals surface area contributed by atoms with Crippen LogP contribution < -0.4 is 4.74 Å². The fraction of sp³-hybridized carbons (Fsp3) is 0.0189. The molecule has 9 aromatic rings. The number of nitriles is 1. The van der Waals surface area contributed by atoms with Crippen molar-refractivity contribution in [3.05, 3.63) is 222 Å². The number of aromatic nitrogens is 3. The maximum absolute atomic E-state index is 10.6. The molecule has 7 aromatic carbocycles. The molecule has 0 amide bonds. The third-order valence-electron chi connectivity index (χ3n) is 11.5. The summed E-state index contributed by atoms with van der Waals surface area (Å²) in [5.41, 5.74) is 14.8. The largest absolute Gasteiger partial charge is 0.456 e. The molecule has 1 atom stereocenters. The number of hydrogen-bond donors (Lipinski definition) is 0. The molecule has 270 valence electrons. The molecule has 5 heteroatoms. The first kappa shape index (κ1) is 33.4. The summed E-state index contributed by atoms with van der Waals surface area (Å²) in [6.07, 6.45) is 3.56. The van der Waals surface area contributed by atoms with E-state index in [1.807, 2.05) is 72.8 Å². The third-order valence-corrected chi connectivity index (χ3v) is 11.5. The lowest BCUT2D eigenvalue weighted by Crippen LogP contribution is -2.32. The highest BCUT2D eigenvalue weighted by molar-refractivity contribution is 5.98. The highest BCUT2D eigenvalue weighted by atomic mass is 16.5. The SMILES string of the molecule is N#Cc1cc(-c2ccncc2)ccc1-c1cccc2c1-c1ccccc1C21c2ccccc2Oc2c(-c3cc(-c4ccccc4)nc(-c4ccccc4)n3)cccc21. The molecule has 1 aliphatic carbocycles. The van der Waals surface area contributed by atoms with Crippen molar-refractivity contribution < 1.29 is 4.74 Å². The van der Waals surface area contributed by atoms with Gasteiger partial charge in [-0.3, -0.25) is 4.98 Å². The van der Waals surface area contributed by atoms with Gasteiger partial charge in [-0.2, -0.15) is 5.26 Å². The minimum atomic E-state index is -0.733. The Morgan fingerprint density at radius 2 is 1.09 bits per heavy atom. The van der Waals surface area contributed by atoms with Crippen LogP contribution in [0.15, 0.2) is 194 Å². The van der Waals surface area contributed by atoms with Crippen LogP contribution in [0.25, 0.3) is 67.3 Å². The lowest BCUT2D eigenvalue weighted by atomic mass is 9.65. The zero-order valence-electron chi connectivity index (χ0n) is 31.2. The topological polar surface area (TPSA) is 71.7 Å². The molecular formula is C53H32N4O. The molecule has 0 saturated carbocycles. The van der Waals surface area contributed by atoms with Crippen LogP contribution in [-0.2, 0) is 5.41 Å². The number of para-hydroxylation sites is 2. The van der Waals surface area contributed by atoms with Crippen molar-refractivity contribution in [3.63, 3.8) is 0 Å². The molecule has 0 bridgehead atoms. The second-order valence-corrected chi connectivity index (χ2v) is 14.6. The van der Waals surface area contributed by atoms with E-state index in [2.05, 4.69) is 120 Å². The molecule has 0 fully saturated rings. The Hall–Kier alpha value is -7.94. The van der Waals surface area contributed by atoms with Crippen molar-refractivity contribution in [3.8, 4) is 84.9 Å². The normalized spacial score (nSPS) is 14.4. The first-order chi connectivity index (χ1) is 28.7. The molecule has 1 unspecified atom stereocenters. The van der Waals surface area contributed by atoms with Gasteiger partial charge in [0, 0.05) is 45.8 Å². The predicted octanol–water partition coefficient (Wildman–Crippen LogP) is 12.5. The molecule has 1 spiro atoms. The van der Waals surface area contributed by atoms with Crippen LogP contribution in [-0.4, -0.2) is 15.0 Å². The first-order valence-corrected chi connectivity index (χ1v) is 19.3. The summed E-state index contributed by atoms with van der Waals surface area (Å²) in [5, 5.41) is 10.6. The van der Waals surface area contributed by atoms with Gasteiger partial charge >= 0.3 is 0 Å². The van der Waals surface area contributed by atoms with E-state index in [4.69, 9.17) is 14.7 Å². The lowest BCUT2D eigenvalue weighted by molar-refractivity contribution is 0.438. The summed E-state index contributed by atoms with van der Waals surface area (Å²) in [7, 11) is 0. The Morgan fingerprint density at radius 1 is 0.448 bits per heavy atom. The molecule has 5 nitrogen and oxygen atoms in total. The molecule has 1 aliphatic heterocycles. The van der Waals surface area contributed by atoms with Crippen LogP contribution in [0.2, 0.25) is 0 Å². The monoisotopic (exact) mass is 740 g/mol. The van der Waals surface area contributed by atoms with Crippen molar-refractivity contribution in [2.24, 2.45) is 0 Å². The lowest BCUT2D eigenvalue weighted by Gasteiger charge is -2.40. The summed E-state index contributed by atoms with van der Waals surface area (Å²) in [4.78, 5) is 14.5. The van der Waals surface area contributed by atoms with Crippen molar-refractivity contribution in [1.82, 2.24) is 15.0 Å². The van der Waals surface area contributed by atoms with E-state index in [1.54, 1.807) is 12.4 Å². The second kappa shape index (κ2) is 13.4. The van der Waals surface area contributed by atoms with Crippen LogP contribution >= 0.6 is 0 Å². The second-order valence-electron chi connectivity index (χ2n) is 14.6. The van der Waals surface area contributed by atoms with Gasteiger partial charge in [0.2, 0.25) is 0 Å². The minimum absolute atomic E-state index is 0.614. The van der Waals surface area contributed by atoms with Gasteiger partial charge in [-0.15, -0.1) is 0 Å². The number of pyridine rings is 1. The average Bonchev–Trinajstić information content (AvgIpc) is 3.60. The predicted molar refractivity (Wildman–Crippen MR) is 229 cm³/mol. The zero-order valence-corrected chi connectivity index (χ0v) is 31.2. The smallest absolute Gasteiger partial charge is 0.160 e. The van der Waals surface area contributed by atoms with E-state index in [0.717, 1.165) is 95.2 Å². The van der Waals surface area contributed by atoms with E-state index in [1.165, 1.54) is 0 Å². The summed E-state index contributed by atoms with van der Waals surface area (Å²) in [6.45, 7) is 0. The Bertz CT molecular complexity index is 3040. The number of ether oxygens (including phenoxy) is 1. The Labute approximate surface area is 336 Å². The summed E-state index contributed by atoms with van der Waals surface area (Å²) in [6, 6.07) is 65.1. The molecule has 3 heterocycles. The highest BCUT2D eigenvalue weighted by Gasteiger charge is 2.52. The van der Waals surface area contributed by atoms with Crippen molar-refractivity contribution >= 4 is 0 Å². The van der Waals surface area contributed by atoms with E-state index in [0.29, 0.717) is 11.4 Å². The third kappa shape index (κ3) is 5.06.